The molecule has 1 aromatic carbocycles. The van der Waals surface area contributed by atoms with Crippen LogP contribution in [0.1, 0.15) is 5.56 Å². The molecule has 0 heterocycles. The van der Waals surface area contributed by atoms with Crippen LogP contribution in [-0.4, -0.2) is 13.3 Å². The number of hydrogen-bond donors (Lipinski definition) is 1. The van der Waals surface area contributed by atoms with Gasteiger partial charge in [-0.25, -0.2) is 8.78 Å². The fraction of sp³-hybridized carbons (Fsp3) is 0.125. The van der Waals surface area contributed by atoms with Crippen molar-refractivity contribution in [2.45, 2.75) is 0 Å². The van der Waals surface area contributed by atoms with Crippen LogP contribution in [0.25, 0.3) is 0 Å². The van der Waals surface area contributed by atoms with Crippen molar-refractivity contribution < 1.29 is 8.78 Å². The van der Waals surface area contributed by atoms with Crippen molar-refractivity contribution in [2.75, 3.05) is 7.05 Å². The summed E-state index contributed by atoms with van der Waals surface area (Å²) in [7, 11) is 1.55. The Morgan fingerprint density at radius 2 is 1.92 bits per heavy atom. The predicted molar refractivity (Wildman–Crippen MR) is 43.0 cm³/mol. The lowest BCUT2D eigenvalue weighted by Gasteiger charge is -1.96. The molecule has 0 bridgehead atoms. The van der Waals surface area contributed by atoms with Crippen LogP contribution in [0, 0.1) is 11.6 Å². The summed E-state index contributed by atoms with van der Waals surface area (Å²) < 4.78 is 25.6. The molecule has 0 amide bonds. The van der Waals surface area contributed by atoms with Gasteiger partial charge in [0.2, 0.25) is 0 Å². The minimum Gasteiger partial charge on any atom is -0.313 e. The van der Waals surface area contributed by atoms with E-state index in [1.54, 1.807) is 7.05 Å². The van der Waals surface area contributed by atoms with Gasteiger partial charge < -0.3 is 5.43 Å². The first-order valence-corrected chi connectivity index (χ1v) is 3.39. The second kappa shape index (κ2) is 3.80. The molecule has 0 aliphatic heterocycles. The standard InChI is InChI=1S/C8H8F2N2/c1-11-12-5-6-7(9)3-2-4-8(6)10/h2-5,11H,1H3. The van der Waals surface area contributed by atoms with Gasteiger partial charge in [0.25, 0.3) is 0 Å². The fourth-order valence-electron chi connectivity index (χ4n) is 0.763. The summed E-state index contributed by atoms with van der Waals surface area (Å²) in [6.45, 7) is 0. The molecule has 4 heteroatoms. The van der Waals surface area contributed by atoms with Crippen molar-refractivity contribution in [3.8, 4) is 0 Å². The number of hydrogen-bond acceptors (Lipinski definition) is 2. The summed E-state index contributed by atoms with van der Waals surface area (Å²) in [5.41, 5.74) is 2.27. The number of rotatable bonds is 2. The van der Waals surface area contributed by atoms with Gasteiger partial charge in [-0.2, -0.15) is 5.10 Å². The summed E-state index contributed by atoms with van der Waals surface area (Å²) >= 11 is 0. The van der Waals surface area contributed by atoms with E-state index in [0.717, 1.165) is 6.21 Å². The quantitative estimate of drug-likeness (QED) is 0.528. The second-order valence-corrected chi connectivity index (χ2v) is 2.12. The van der Waals surface area contributed by atoms with Gasteiger partial charge in [0.1, 0.15) is 11.6 Å². The molecule has 0 aromatic heterocycles. The Morgan fingerprint density at radius 1 is 1.33 bits per heavy atom. The monoisotopic (exact) mass is 170 g/mol. The smallest absolute Gasteiger partial charge is 0.134 e. The van der Waals surface area contributed by atoms with Gasteiger partial charge in [-0.1, -0.05) is 6.07 Å². The van der Waals surface area contributed by atoms with Gasteiger partial charge in [0, 0.05) is 7.05 Å². The summed E-state index contributed by atoms with van der Waals surface area (Å²) in [5, 5.41) is 3.51. The summed E-state index contributed by atoms with van der Waals surface area (Å²) in [4.78, 5) is 0. The maximum Gasteiger partial charge on any atom is 0.134 e. The third-order valence-electron chi connectivity index (χ3n) is 1.32. The highest BCUT2D eigenvalue weighted by Gasteiger charge is 2.04. The van der Waals surface area contributed by atoms with Crippen molar-refractivity contribution in [2.24, 2.45) is 5.10 Å². The zero-order valence-electron chi connectivity index (χ0n) is 6.51. The zero-order valence-corrected chi connectivity index (χ0v) is 6.51. The third kappa shape index (κ3) is 1.78. The predicted octanol–water partition coefficient (Wildman–Crippen LogP) is 1.52. The molecule has 64 valence electrons. The first-order valence-electron chi connectivity index (χ1n) is 3.39. The Morgan fingerprint density at radius 3 is 2.42 bits per heavy atom. The lowest BCUT2D eigenvalue weighted by molar-refractivity contribution is 0.580. The lowest BCUT2D eigenvalue weighted by Crippen LogP contribution is -1.98. The van der Waals surface area contributed by atoms with E-state index < -0.39 is 11.6 Å². The maximum absolute atomic E-state index is 12.8. The Bertz CT molecular complexity index is 277. The van der Waals surface area contributed by atoms with E-state index in [1.165, 1.54) is 18.2 Å². The molecule has 2 nitrogen and oxygen atoms in total. The first-order chi connectivity index (χ1) is 5.75. The molecule has 1 rings (SSSR count). The molecular weight excluding hydrogens is 162 g/mol. The molecule has 0 atom stereocenters. The topological polar surface area (TPSA) is 24.4 Å². The summed E-state index contributed by atoms with van der Waals surface area (Å²) in [6, 6.07) is 3.67. The van der Waals surface area contributed by atoms with E-state index in [4.69, 9.17) is 0 Å². The zero-order chi connectivity index (χ0) is 8.97. The van der Waals surface area contributed by atoms with E-state index in [9.17, 15) is 8.78 Å². The van der Waals surface area contributed by atoms with Crippen molar-refractivity contribution >= 4 is 6.21 Å². The van der Waals surface area contributed by atoms with Crippen molar-refractivity contribution in [1.29, 1.82) is 0 Å². The van der Waals surface area contributed by atoms with E-state index in [0.29, 0.717) is 0 Å². The Kier molecular flexibility index (Phi) is 2.74. The SMILES string of the molecule is CNN=Cc1c(F)cccc1F. The van der Waals surface area contributed by atoms with Gasteiger partial charge in [-0.05, 0) is 12.1 Å². The third-order valence-corrected chi connectivity index (χ3v) is 1.32. The van der Waals surface area contributed by atoms with E-state index in [2.05, 4.69) is 10.5 Å². The van der Waals surface area contributed by atoms with Gasteiger partial charge >= 0.3 is 0 Å². The van der Waals surface area contributed by atoms with E-state index in [-0.39, 0.29) is 5.56 Å². The Balaban J connectivity index is 3.04. The van der Waals surface area contributed by atoms with Gasteiger partial charge in [-0.3, -0.25) is 0 Å². The molecule has 0 aliphatic rings. The highest BCUT2D eigenvalue weighted by molar-refractivity contribution is 5.80. The van der Waals surface area contributed by atoms with Crippen LogP contribution in [0.5, 0.6) is 0 Å². The van der Waals surface area contributed by atoms with Crippen molar-refractivity contribution in [1.82, 2.24) is 5.43 Å². The first kappa shape index (κ1) is 8.64. The van der Waals surface area contributed by atoms with Crippen LogP contribution in [0.15, 0.2) is 23.3 Å². The van der Waals surface area contributed by atoms with Gasteiger partial charge in [-0.15, -0.1) is 0 Å². The molecule has 0 spiro atoms. The number of nitrogens with one attached hydrogen (secondary N) is 1. The average Bonchev–Trinajstić information content (AvgIpc) is 2.04. The highest BCUT2D eigenvalue weighted by atomic mass is 19.1. The number of hydrazone groups is 1. The molecular formula is C8H8F2N2. The normalized spacial score (nSPS) is 10.6. The molecule has 0 saturated carbocycles. The maximum atomic E-state index is 12.8. The Labute approximate surface area is 68.9 Å². The molecule has 0 saturated heterocycles. The average molecular weight is 170 g/mol. The molecule has 0 fully saturated rings. The Hall–Kier alpha value is -1.45. The van der Waals surface area contributed by atoms with Crippen LogP contribution in [0.3, 0.4) is 0 Å². The van der Waals surface area contributed by atoms with Crippen LogP contribution in [0.4, 0.5) is 8.78 Å². The molecule has 1 N–H and O–H groups in total. The molecule has 0 aliphatic carbocycles. The van der Waals surface area contributed by atoms with Crippen molar-refractivity contribution in [3.05, 3.63) is 35.4 Å². The largest absolute Gasteiger partial charge is 0.313 e. The molecule has 12 heavy (non-hydrogen) atoms. The summed E-state index contributed by atoms with van der Waals surface area (Å²) in [6.07, 6.45) is 1.10. The minimum absolute atomic E-state index is 0.133. The minimum atomic E-state index is -0.617. The molecule has 1 aromatic rings. The number of nitrogens with zero attached hydrogens (tertiary/aromatic N) is 1. The van der Waals surface area contributed by atoms with Gasteiger partial charge in [0.15, 0.2) is 0 Å². The molecule has 0 unspecified atom stereocenters. The number of halogens is 2. The molecule has 0 radical (unpaired) electrons. The van der Waals surface area contributed by atoms with Crippen LogP contribution in [0.2, 0.25) is 0 Å². The van der Waals surface area contributed by atoms with E-state index >= 15 is 0 Å². The van der Waals surface area contributed by atoms with Crippen LogP contribution >= 0.6 is 0 Å². The number of benzene rings is 1. The summed E-state index contributed by atoms with van der Waals surface area (Å²) in [5.74, 6) is -1.23. The van der Waals surface area contributed by atoms with Crippen LogP contribution < -0.4 is 5.43 Å². The van der Waals surface area contributed by atoms with Gasteiger partial charge in [0.05, 0.1) is 11.8 Å². The fourth-order valence-corrected chi connectivity index (χ4v) is 0.763. The van der Waals surface area contributed by atoms with E-state index in [1.807, 2.05) is 0 Å². The van der Waals surface area contributed by atoms with Crippen molar-refractivity contribution in [3.63, 3.8) is 0 Å². The lowest BCUT2D eigenvalue weighted by atomic mass is 10.2. The second-order valence-electron chi connectivity index (χ2n) is 2.12. The van der Waals surface area contributed by atoms with Crippen LogP contribution in [-0.2, 0) is 0 Å². The highest BCUT2D eigenvalue weighted by Crippen LogP contribution is 2.08.